The molecule has 0 N–H and O–H groups in total. The lowest BCUT2D eigenvalue weighted by Crippen LogP contribution is -2.03. The average molecular weight is 178 g/mol. The van der Waals surface area contributed by atoms with Crippen molar-refractivity contribution in [2.45, 2.75) is 12.8 Å². The number of hydrogen-bond acceptors (Lipinski definition) is 0. The molecule has 0 atom stereocenters. The van der Waals surface area contributed by atoms with Gasteiger partial charge >= 0.3 is 0 Å². The first-order valence-corrected chi connectivity index (χ1v) is 4.94. The molecule has 0 saturated carbocycles. The van der Waals surface area contributed by atoms with Crippen LogP contribution in [0.15, 0.2) is 36.4 Å². The summed E-state index contributed by atoms with van der Waals surface area (Å²) in [5.74, 6) is 0. The Morgan fingerprint density at radius 3 is 2.93 bits per heavy atom. The normalized spacial score (nSPS) is 13.1. The molecule has 2 aromatic carbocycles. The zero-order valence-corrected chi connectivity index (χ0v) is 7.88. The lowest BCUT2D eigenvalue weighted by atomic mass is 9.86. The second kappa shape index (κ2) is 2.98. The van der Waals surface area contributed by atoms with Crippen molar-refractivity contribution in [1.29, 1.82) is 0 Å². The van der Waals surface area contributed by atoms with Gasteiger partial charge in [0.15, 0.2) is 0 Å². The zero-order chi connectivity index (χ0) is 9.38. The highest BCUT2D eigenvalue weighted by Gasteiger charge is 2.14. The van der Waals surface area contributed by atoms with Gasteiger partial charge in [0.25, 0.3) is 0 Å². The average Bonchev–Trinajstić information content (AvgIpc) is 2.29. The first-order chi connectivity index (χ1) is 6.95. The highest BCUT2D eigenvalue weighted by molar-refractivity contribution is 5.72. The van der Waals surface area contributed by atoms with E-state index in [-0.39, 0.29) is 0 Å². The van der Waals surface area contributed by atoms with Crippen molar-refractivity contribution in [1.82, 2.24) is 0 Å². The van der Waals surface area contributed by atoms with Crippen molar-refractivity contribution in [3.63, 3.8) is 0 Å². The standard InChI is InChI=1S/C14H10/c1-3-7-13-11(5-1)9-10-12-6-2-4-8-14(12)13/h1,3-6,8H,9-10H2. The number of aryl methyl sites for hydroxylation is 2. The summed E-state index contributed by atoms with van der Waals surface area (Å²) >= 11 is 0. The van der Waals surface area contributed by atoms with Crippen LogP contribution in [0.1, 0.15) is 11.1 Å². The summed E-state index contributed by atoms with van der Waals surface area (Å²) in [5, 5.41) is 0. The zero-order valence-electron chi connectivity index (χ0n) is 7.88. The Labute approximate surface area is 84.2 Å². The lowest BCUT2D eigenvalue weighted by molar-refractivity contribution is 0.941. The molecule has 66 valence electrons. The molecule has 0 heterocycles. The molecule has 3 rings (SSSR count). The van der Waals surface area contributed by atoms with Crippen LogP contribution in [-0.4, -0.2) is 0 Å². The van der Waals surface area contributed by atoms with E-state index < -0.39 is 0 Å². The van der Waals surface area contributed by atoms with Gasteiger partial charge in [-0.3, -0.25) is 0 Å². The molecular formula is C14H10. The van der Waals surface area contributed by atoms with E-state index in [0.29, 0.717) is 0 Å². The Kier molecular flexibility index (Phi) is 1.66. The fourth-order valence-electron chi connectivity index (χ4n) is 2.12. The second-order valence-corrected chi connectivity index (χ2v) is 3.65. The van der Waals surface area contributed by atoms with Crippen LogP contribution in [-0.2, 0) is 12.8 Å². The summed E-state index contributed by atoms with van der Waals surface area (Å²) in [6.45, 7) is 0. The van der Waals surface area contributed by atoms with Crippen molar-refractivity contribution in [2.24, 2.45) is 0 Å². The van der Waals surface area contributed by atoms with Crippen molar-refractivity contribution < 1.29 is 0 Å². The first kappa shape index (κ1) is 7.81. The Bertz CT molecular complexity index is 423. The van der Waals surface area contributed by atoms with E-state index in [1.165, 1.54) is 22.3 Å². The Morgan fingerprint density at radius 2 is 1.93 bits per heavy atom. The minimum Gasteiger partial charge on any atom is -0.0613 e. The van der Waals surface area contributed by atoms with E-state index in [1.807, 2.05) is 12.1 Å². The van der Waals surface area contributed by atoms with Crippen molar-refractivity contribution >= 4 is 0 Å². The van der Waals surface area contributed by atoms with Crippen LogP contribution >= 0.6 is 0 Å². The second-order valence-electron chi connectivity index (χ2n) is 3.65. The molecule has 2 radical (unpaired) electrons. The minimum atomic E-state index is 1.14. The number of rotatable bonds is 0. The van der Waals surface area contributed by atoms with Crippen LogP contribution in [0.25, 0.3) is 11.1 Å². The van der Waals surface area contributed by atoms with Crippen LogP contribution in [0.2, 0.25) is 0 Å². The van der Waals surface area contributed by atoms with Gasteiger partial charge in [-0.2, -0.15) is 0 Å². The van der Waals surface area contributed by atoms with Gasteiger partial charge < -0.3 is 0 Å². The maximum absolute atomic E-state index is 3.33. The number of fused-ring (bicyclic) bond motifs is 3. The molecule has 0 fully saturated rings. The first-order valence-electron chi connectivity index (χ1n) is 4.94. The van der Waals surface area contributed by atoms with Gasteiger partial charge in [0.2, 0.25) is 0 Å². The van der Waals surface area contributed by atoms with Crippen LogP contribution in [0, 0.1) is 12.1 Å². The monoisotopic (exact) mass is 178 g/mol. The van der Waals surface area contributed by atoms with Crippen LogP contribution < -0.4 is 0 Å². The van der Waals surface area contributed by atoms with Gasteiger partial charge in [0.05, 0.1) is 0 Å². The third-order valence-corrected chi connectivity index (χ3v) is 2.83. The predicted octanol–water partition coefficient (Wildman–Crippen LogP) is 3.05. The van der Waals surface area contributed by atoms with E-state index in [2.05, 4.69) is 36.4 Å². The maximum Gasteiger partial charge on any atom is -0.00702 e. The van der Waals surface area contributed by atoms with Gasteiger partial charge in [-0.25, -0.2) is 0 Å². The molecular weight excluding hydrogens is 168 g/mol. The van der Waals surface area contributed by atoms with Crippen molar-refractivity contribution in [2.75, 3.05) is 0 Å². The van der Waals surface area contributed by atoms with Crippen LogP contribution in [0.3, 0.4) is 0 Å². The quantitative estimate of drug-likeness (QED) is 0.581. The summed E-state index contributed by atoms with van der Waals surface area (Å²) < 4.78 is 0. The maximum atomic E-state index is 3.33. The topological polar surface area (TPSA) is 0 Å². The molecule has 1 aliphatic carbocycles. The minimum absolute atomic E-state index is 1.14. The molecule has 2 aromatic rings. The smallest absolute Gasteiger partial charge is 0.00702 e. The largest absolute Gasteiger partial charge is 0.0613 e. The highest BCUT2D eigenvalue weighted by atomic mass is 14.2. The van der Waals surface area contributed by atoms with Gasteiger partial charge in [0.1, 0.15) is 0 Å². The van der Waals surface area contributed by atoms with E-state index in [0.717, 1.165) is 12.8 Å². The Morgan fingerprint density at radius 1 is 1.00 bits per heavy atom. The van der Waals surface area contributed by atoms with E-state index in [1.54, 1.807) is 0 Å². The molecule has 0 spiro atoms. The van der Waals surface area contributed by atoms with Crippen molar-refractivity contribution in [3.05, 3.63) is 59.7 Å². The molecule has 0 heteroatoms. The highest BCUT2D eigenvalue weighted by Crippen LogP contribution is 2.32. The molecule has 14 heavy (non-hydrogen) atoms. The molecule has 0 nitrogen and oxygen atoms in total. The van der Waals surface area contributed by atoms with Crippen LogP contribution in [0.4, 0.5) is 0 Å². The summed E-state index contributed by atoms with van der Waals surface area (Å²) in [4.78, 5) is 0. The summed E-state index contributed by atoms with van der Waals surface area (Å²) in [5.41, 5.74) is 5.45. The number of hydrogen-bond donors (Lipinski definition) is 0. The van der Waals surface area contributed by atoms with E-state index in [9.17, 15) is 0 Å². The molecule has 0 saturated heterocycles. The molecule has 0 aliphatic heterocycles. The fraction of sp³-hybridized carbons (Fsp3) is 0.143. The number of benzene rings is 2. The SMILES string of the molecule is [c]1ccc2c(c1)CCc1ccc[c]c1-2. The molecule has 0 bridgehead atoms. The summed E-state index contributed by atoms with van der Waals surface area (Å²) in [6, 6.07) is 18.9. The fourth-order valence-corrected chi connectivity index (χ4v) is 2.12. The molecule has 1 aliphatic rings. The Hall–Kier alpha value is -1.56. The molecule has 0 amide bonds. The summed E-state index contributed by atoms with van der Waals surface area (Å²) in [6.07, 6.45) is 2.27. The molecule has 0 aromatic heterocycles. The lowest BCUT2D eigenvalue weighted by Gasteiger charge is -2.18. The molecule has 0 unspecified atom stereocenters. The third kappa shape index (κ3) is 1.07. The van der Waals surface area contributed by atoms with Gasteiger partial charge in [-0.05, 0) is 47.2 Å². The van der Waals surface area contributed by atoms with Gasteiger partial charge in [-0.15, -0.1) is 0 Å². The van der Waals surface area contributed by atoms with E-state index >= 15 is 0 Å². The van der Waals surface area contributed by atoms with Crippen LogP contribution in [0.5, 0.6) is 0 Å². The third-order valence-electron chi connectivity index (χ3n) is 2.83. The van der Waals surface area contributed by atoms with Gasteiger partial charge in [0, 0.05) is 0 Å². The predicted molar refractivity (Wildman–Crippen MR) is 57.0 cm³/mol. The van der Waals surface area contributed by atoms with Gasteiger partial charge in [-0.1, -0.05) is 36.4 Å². The van der Waals surface area contributed by atoms with Crippen molar-refractivity contribution in [3.8, 4) is 11.1 Å². The Balaban J connectivity index is 2.29. The van der Waals surface area contributed by atoms with E-state index in [4.69, 9.17) is 0 Å². The summed E-state index contributed by atoms with van der Waals surface area (Å²) in [7, 11) is 0.